The summed E-state index contributed by atoms with van der Waals surface area (Å²) in [6, 6.07) is 11.0. The van der Waals surface area contributed by atoms with Crippen LogP contribution >= 0.6 is 11.3 Å². The third kappa shape index (κ3) is 3.89. The van der Waals surface area contributed by atoms with Crippen LogP contribution in [0.2, 0.25) is 0 Å². The summed E-state index contributed by atoms with van der Waals surface area (Å²) in [6.07, 6.45) is 0.929. The van der Waals surface area contributed by atoms with Gasteiger partial charge in [-0.15, -0.1) is 11.3 Å². The number of aryl methyl sites for hydroxylation is 1. The Balaban J connectivity index is 1.93. The van der Waals surface area contributed by atoms with E-state index in [9.17, 15) is 4.39 Å². The second kappa shape index (κ2) is 6.65. The fraction of sp³-hybridized carbons (Fsp3) is 0.312. The number of hydrogen-bond donors (Lipinski definition) is 1. The molecule has 0 aliphatic carbocycles. The van der Waals surface area contributed by atoms with Gasteiger partial charge in [0, 0.05) is 27.9 Å². The van der Waals surface area contributed by atoms with Gasteiger partial charge in [0.2, 0.25) is 0 Å². The van der Waals surface area contributed by atoms with Crippen LogP contribution in [0, 0.1) is 24.1 Å². The minimum atomic E-state index is -0.268. The zero-order chi connectivity index (χ0) is 14.5. The molecule has 0 radical (unpaired) electrons. The van der Waals surface area contributed by atoms with Crippen LogP contribution in [0.4, 0.5) is 4.39 Å². The molecule has 0 bridgehead atoms. The van der Waals surface area contributed by atoms with Gasteiger partial charge >= 0.3 is 0 Å². The van der Waals surface area contributed by atoms with Crippen molar-refractivity contribution in [3.63, 3.8) is 0 Å². The van der Waals surface area contributed by atoms with Crippen molar-refractivity contribution in [2.75, 3.05) is 0 Å². The van der Waals surface area contributed by atoms with Gasteiger partial charge in [-0.3, -0.25) is 0 Å². The Kier molecular flexibility index (Phi) is 4.89. The van der Waals surface area contributed by atoms with Crippen LogP contribution in [-0.2, 0) is 13.0 Å². The van der Waals surface area contributed by atoms with E-state index in [1.807, 2.05) is 6.07 Å². The maximum Gasteiger partial charge on any atom is 0.127 e. The first-order valence-electron chi connectivity index (χ1n) is 6.55. The topological polar surface area (TPSA) is 35.8 Å². The van der Waals surface area contributed by atoms with Crippen LogP contribution in [-0.4, -0.2) is 6.04 Å². The number of nitrogens with one attached hydrogen (secondary N) is 1. The summed E-state index contributed by atoms with van der Waals surface area (Å²) in [5.74, 6) is -0.268. The van der Waals surface area contributed by atoms with Gasteiger partial charge in [-0.25, -0.2) is 4.39 Å². The smallest absolute Gasteiger partial charge is 0.127 e. The predicted octanol–water partition coefficient (Wildman–Crippen LogP) is 3.79. The van der Waals surface area contributed by atoms with Crippen molar-refractivity contribution < 1.29 is 4.39 Å². The third-order valence-corrected chi connectivity index (χ3v) is 4.14. The third-order valence-electron chi connectivity index (χ3n) is 3.12. The molecular formula is C16H17FN2S. The fourth-order valence-electron chi connectivity index (χ4n) is 2.03. The largest absolute Gasteiger partial charge is 0.310 e. The van der Waals surface area contributed by atoms with E-state index in [0.29, 0.717) is 17.7 Å². The lowest BCUT2D eigenvalue weighted by Crippen LogP contribution is -2.27. The first-order chi connectivity index (χ1) is 9.58. The number of hydrogen-bond acceptors (Lipinski definition) is 3. The van der Waals surface area contributed by atoms with Gasteiger partial charge in [0.15, 0.2) is 0 Å². The standard InChI is InChI=1S/C16H17FN2S/c1-11(7-15-5-3-12(2)20-15)19-10-14-8-13(9-18)4-6-16(14)17/h3-6,8,11,19H,7,10H2,1-2H3. The Bertz CT molecular complexity index is 628. The van der Waals surface area contributed by atoms with E-state index in [1.165, 1.54) is 21.9 Å². The lowest BCUT2D eigenvalue weighted by atomic mass is 10.1. The summed E-state index contributed by atoms with van der Waals surface area (Å²) in [5.41, 5.74) is 1.03. The normalized spacial score (nSPS) is 12.1. The summed E-state index contributed by atoms with van der Waals surface area (Å²) in [6.45, 7) is 4.61. The quantitative estimate of drug-likeness (QED) is 0.908. The molecular weight excluding hydrogens is 271 g/mol. The molecule has 0 fully saturated rings. The molecule has 2 nitrogen and oxygen atoms in total. The molecule has 4 heteroatoms. The summed E-state index contributed by atoms with van der Waals surface area (Å²) in [7, 11) is 0. The lowest BCUT2D eigenvalue weighted by Gasteiger charge is -2.13. The van der Waals surface area contributed by atoms with Gasteiger partial charge in [-0.1, -0.05) is 0 Å². The average molecular weight is 288 g/mol. The molecule has 0 saturated heterocycles. The van der Waals surface area contributed by atoms with Crippen molar-refractivity contribution in [3.8, 4) is 6.07 Å². The molecule has 1 aromatic heterocycles. The number of nitriles is 1. The lowest BCUT2D eigenvalue weighted by molar-refractivity contribution is 0.527. The first kappa shape index (κ1) is 14.7. The van der Waals surface area contributed by atoms with Crippen LogP contribution < -0.4 is 5.32 Å². The van der Waals surface area contributed by atoms with Crippen LogP contribution in [0.25, 0.3) is 0 Å². The molecule has 1 atom stereocenters. The van der Waals surface area contributed by atoms with Crippen molar-refractivity contribution in [3.05, 3.63) is 57.0 Å². The molecule has 0 aliphatic heterocycles. The molecule has 1 N–H and O–H groups in total. The molecule has 1 aromatic carbocycles. The highest BCUT2D eigenvalue weighted by molar-refractivity contribution is 7.11. The van der Waals surface area contributed by atoms with Crippen molar-refractivity contribution in [1.29, 1.82) is 5.26 Å². The first-order valence-corrected chi connectivity index (χ1v) is 7.37. The summed E-state index contributed by atoms with van der Waals surface area (Å²) in [4.78, 5) is 2.63. The van der Waals surface area contributed by atoms with Gasteiger partial charge in [-0.2, -0.15) is 5.26 Å². The van der Waals surface area contributed by atoms with Gasteiger partial charge in [-0.05, 0) is 50.6 Å². The predicted molar refractivity (Wildman–Crippen MR) is 80.2 cm³/mol. The second-order valence-electron chi connectivity index (χ2n) is 4.92. The Labute approximate surface area is 122 Å². The van der Waals surface area contributed by atoms with E-state index in [1.54, 1.807) is 17.4 Å². The molecule has 1 heterocycles. The monoisotopic (exact) mass is 288 g/mol. The number of benzene rings is 1. The molecule has 0 aliphatic rings. The van der Waals surface area contributed by atoms with Crippen LogP contribution in [0.1, 0.15) is 27.8 Å². The Hall–Kier alpha value is -1.70. The molecule has 104 valence electrons. The molecule has 1 unspecified atom stereocenters. The van der Waals surface area contributed by atoms with Gasteiger partial charge in [0.25, 0.3) is 0 Å². The zero-order valence-corrected chi connectivity index (χ0v) is 12.4. The van der Waals surface area contributed by atoms with Gasteiger partial charge < -0.3 is 5.32 Å². The number of nitrogens with zero attached hydrogens (tertiary/aromatic N) is 1. The maximum atomic E-state index is 13.6. The van der Waals surface area contributed by atoms with Crippen LogP contribution in [0.15, 0.2) is 30.3 Å². The number of rotatable bonds is 5. The highest BCUT2D eigenvalue weighted by atomic mass is 32.1. The van der Waals surface area contributed by atoms with Crippen molar-refractivity contribution in [2.24, 2.45) is 0 Å². The second-order valence-corrected chi connectivity index (χ2v) is 6.29. The van der Waals surface area contributed by atoms with Crippen LogP contribution in [0.3, 0.4) is 0 Å². The Morgan fingerprint density at radius 2 is 2.15 bits per heavy atom. The summed E-state index contributed by atoms with van der Waals surface area (Å²) in [5, 5.41) is 12.1. The number of halogens is 1. The highest BCUT2D eigenvalue weighted by Crippen LogP contribution is 2.17. The van der Waals surface area contributed by atoms with E-state index >= 15 is 0 Å². The van der Waals surface area contributed by atoms with Crippen molar-refractivity contribution >= 4 is 11.3 Å². The van der Waals surface area contributed by atoms with Crippen LogP contribution in [0.5, 0.6) is 0 Å². The zero-order valence-electron chi connectivity index (χ0n) is 11.6. The molecule has 2 rings (SSSR count). The molecule has 0 amide bonds. The Morgan fingerprint density at radius 1 is 1.35 bits per heavy atom. The van der Waals surface area contributed by atoms with E-state index in [4.69, 9.17) is 5.26 Å². The fourth-order valence-corrected chi connectivity index (χ4v) is 3.05. The van der Waals surface area contributed by atoms with E-state index in [0.717, 1.165) is 6.42 Å². The van der Waals surface area contributed by atoms with E-state index < -0.39 is 0 Å². The summed E-state index contributed by atoms with van der Waals surface area (Å²) < 4.78 is 13.6. The SMILES string of the molecule is Cc1ccc(CC(C)NCc2cc(C#N)ccc2F)s1. The molecule has 0 spiro atoms. The molecule has 2 aromatic rings. The highest BCUT2D eigenvalue weighted by Gasteiger charge is 2.08. The Morgan fingerprint density at radius 3 is 2.80 bits per heavy atom. The average Bonchev–Trinajstić information content (AvgIpc) is 2.83. The van der Waals surface area contributed by atoms with Crippen molar-refractivity contribution in [2.45, 2.75) is 32.9 Å². The molecule has 20 heavy (non-hydrogen) atoms. The van der Waals surface area contributed by atoms with Gasteiger partial charge in [0.1, 0.15) is 5.82 Å². The van der Waals surface area contributed by atoms with Crippen molar-refractivity contribution in [1.82, 2.24) is 5.32 Å². The summed E-state index contributed by atoms with van der Waals surface area (Å²) >= 11 is 1.79. The van der Waals surface area contributed by atoms with E-state index in [-0.39, 0.29) is 11.9 Å². The van der Waals surface area contributed by atoms with Gasteiger partial charge in [0.05, 0.1) is 11.6 Å². The molecule has 0 saturated carbocycles. The maximum absolute atomic E-state index is 13.6. The minimum absolute atomic E-state index is 0.262. The van der Waals surface area contributed by atoms with E-state index in [2.05, 4.69) is 31.3 Å². The number of thiophene rings is 1. The minimum Gasteiger partial charge on any atom is -0.310 e.